The molecule has 2 aliphatic rings. The molecule has 1 aromatic carbocycles. The summed E-state index contributed by atoms with van der Waals surface area (Å²) in [6, 6.07) is 8.43. The lowest BCUT2D eigenvalue weighted by molar-refractivity contribution is -0.151. The Kier molecular flexibility index (Phi) is 2.86. The molecule has 0 unspecified atom stereocenters. The molecule has 0 aliphatic heterocycles. The van der Waals surface area contributed by atoms with E-state index in [1.807, 2.05) is 0 Å². The normalized spacial score (nSPS) is 26.7. The number of esters is 1. The number of carbonyl (C=O) groups is 1. The molecule has 1 aromatic heterocycles. The first-order valence-corrected chi connectivity index (χ1v) is 7.69. The van der Waals surface area contributed by atoms with Crippen LogP contribution < -0.4 is 0 Å². The topological polar surface area (TPSA) is 65.2 Å². The summed E-state index contributed by atoms with van der Waals surface area (Å²) in [4.78, 5) is 12.5. The van der Waals surface area contributed by atoms with Crippen molar-refractivity contribution in [3.05, 3.63) is 47.2 Å². The van der Waals surface area contributed by atoms with Gasteiger partial charge in [0.1, 0.15) is 0 Å². The molecule has 1 fully saturated rings. The van der Waals surface area contributed by atoms with Gasteiger partial charge in [-0.05, 0) is 37.3 Å². The van der Waals surface area contributed by atoms with Crippen LogP contribution in [0.25, 0.3) is 0 Å². The summed E-state index contributed by atoms with van der Waals surface area (Å²) < 4.78 is 10.9. The SMILES string of the molecule is Cc1nnc([C@H](C)OC(=O)[C@H]2C[C@@]23CCc2ccccc23)o1. The summed E-state index contributed by atoms with van der Waals surface area (Å²) in [6.07, 6.45) is 2.49. The number of ether oxygens (including phenoxy) is 1. The van der Waals surface area contributed by atoms with Crippen LogP contribution in [-0.4, -0.2) is 16.2 Å². The van der Waals surface area contributed by atoms with Gasteiger partial charge < -0.3 is 9.15 Å². The van der Waals surface area contributed by atoms with E-state index in [-0.39, 0.29) is 17.3 Å². The van der Waals surface area contributed by atoms with E-state index in [9.17, 15) is 4.79 Å². The lowest BCUT2D eigenvalue weighted by Gasteiger charge is -2.13. The van der Waals surface area contributed by atoms with Crippen LogP contribution in [0.4, 0.5) is 0 Å². The van der Waals surface area contributed by atoms with Crippen LogP contribution in [0.1, 0.15) is 48.8 Å². The van der Waals surface area contributed by atoms with Gasteiger partial charge in [-0.2, -0.15) is 0 Å². The zero-order valence-corrected chi connectivity index (χ0v) is 12.7. The van der Waals surface area contributed by atoms with Crippen molar-refractivity contribution in [2.75, 3.05) is 0 Å². The van der Waals surface area contributed by atoms with Gasteiger partial charge in [0, 0.05) is 12.3 Å². The minimum atomic E-state index is -0.497. The van der Waals surface area contributed by atoms with Crippen molar-refractivity contribution in [1.29, 1.82) is 0 Å². The molecule has 5 heteroatoms. The smallest absolute Gasteiger partial charge is 0.310 e. The highest BCUT2D eigenvalue weighted by Gasteiger charge is 2.62. The molecule has 0 N–H and O–H groups in total. The van der Waals surface area contributed by atoms with Crippen LogP contribution in [0.2, 0.25) is 0 Å². The van der Waals surface area contributed by atoms with E-state index in [0.29, 0.717) is 11.8 Å². The Labute approximate surface area is 128 Å². The highest BCUT2D eigenvalue weighted by Crippen LogP contribution is 2.62. The van der Waals surface area contributed by atoms with Gasteiger partial charge in [0.2, 0.25) is 5.89 Å². The van der Waals surface area contributed by atoms with Crippen molar-refractivity contribution in [3.8, 4) is 0 Å². The summed E-state index contributed by atoms with van der Waals surface area (Å²) in [6.45, 7) is 3.49. The summed E-state index contributed by atoms with van der Waals surface area (Å²) in [5.74, 6) is 0.639. The maximum absolute atomic E-state index is 12.5. The number of aromatic nitrogens is 2. The average molecular weight is 298 g/mol. The molecule has 114 valence electrons. The van der Waals surface area contributed by atoms with Crippen molar-refractivity contribution in [2.45, 2.75) is 44.6 Å². The van der Waals surface area contributed by atoms with Crippen molar-refractivity contribution in [3.63, 3.8) is 0 Å². The van der Waals surface area contributed by atoms with Gasteiger partial charge in [-0.3, -0.25) is 4.79 Å². The highest BCUT2D eigenvalue weighted by atomic mass is 16.6. The molecule has 5 nitrogen and oxygen atoms in total. The van der Waals surface area contributed by atoms with Crippen molar-refractivity contribution in [1.82, 2.24) is 10.2 Å². The largest absolute Gasteiger partial charge is 0.452 e. The minimum Gasteiger partial charge on any atom is -0.452 e. The molecule has 3 atom stereocenters. The summed E-state index contributed by atoms with van der Waals surface area (Å²) in [5.41, 5.74) is 2.72. The molecule has 1 saturated carbocycles. The fourth-order valence-corrected chi connectivity index (χ4v) is 3.69. The molecule has 1 spiro atoms. The maximum atomic E-state index is 12.5. The second-order valence-electron chi connectivity index (χ2n) is 6.31. The summed E-state index contributed by atoms with van der Waals surface area (Å²) in [5, 5.41) is 7.68. The van der Waals surface area contributed by atoms with Crippen LogP contribution in [0.15, 0.2) is 28.7 Å². The van der Waals surface area contributed by atoms with Crippen molar-refractivity contribution < 1.29 is 13.9 Å². The lowest BCUT2D eigenvalue weighted by Crippen LogP contribution is -2.17. The standard InChI is InChI=1S/C17H18N2O3/c1-10(15-19-18-11(2)22-15)21-16(20)14-9-17(14)8-7-12-5-3-4-6-13(12)17/h3-6,10,14H,7-9H2,1-2H3/t10-,14+,17+/m0/s1. The van der Waals surface area contributed by atoms with Gasteiger partial charge in [0.15, 0.2) is 6.10 Å². The maximum Gasteiger partial charge on any atom is 0.310 e. The fourth-order valence-electron chi connectivity index (χ4n) is 3.69. The van der Waals surface area contributed by atoms with E-state index in [4.69, 9.17) is 9.15 Å². The molecular weight excluding hydrogens is 280 g/mol. The molecule has 22 heavy (non-hydrogen) atoms. The number of hydrogen-bond acceptors (Lipinski definition) is 5. The second-order valence-corrected chi connectivity index (χ2v) is 6.31. The van der Waals surface area contributed by atoms with Gasteiger partial charge >= 0.3 is 5.97 Å². The van der Waals surface area contributed by atoms with Gasteiger partial charge in [-0.15, -0.1) is 10.2 Å². The zero-order valence-electron chi connectivity index (χ0n) is 12.7. The minimum absolute atomic E-state index is 0.0121. The van der Waals surface area contributed by atoms with Gasteiger partial charge in [-0.25, -0.2) is 0 Å². The van der Waals surface area contributed by atoms with E-state index in [1.165, 1.54) is 11.1 Å². The molecule has 0 radical (unpaired) electrons. The Balaban J connectivity index is 1.48. The van der Waals surface area contributed by atoms with Gasteiger partial charge in [0.05, 0.1) is 5.92 Å². The van der Waals surface area contributed by atoms with Crippen LogP contribution >= 0.6 is 0 Å². The Morgan fingerprint density at radius 1 is 1.41 bits per heavy atom. The molecule has 2 aliphatic carbocycles. The first-order valence-electron chi connectivity index (χ1n) is 7.69. The number of nitrogens with zero attached hydrogens (tertiary/aromatic N) is 2. The van der Waals surface area contributed by atoms with Crippen molar-refractivity contribution >= 4 is 5.97 Å². The third-order valence-corrected chi connectivity index (χ3v) is 4.94. The predicted molar refractivity (Wildman–Crippen MR) is 78.1 cm³/mol. The Bertz CT molecular complexity index is 739. The highest BCUT2D eigenvalue weighted by molar-refractivity contribution is 5.80. The van der Waals surface area contributed by atoms with Crippen LogP contribution in [0, 0.1) is 12.8 Å². The lowest BCUT2D eigenvalue weighted by atomic mass is 9.95. The monoisotopic (exact) mass is 298 g/mol. The van der Waals surface area contributed by atoms with Gasteiger partial charge in [0.25, 0.3) is 5.89 Å². The fraction of sp³-hybridized carbons (Fsp3) is 0.471. The zero-order chi connectivity index (χ0) is 15.3. The third kappa shape index (κ3) is 1.95. The van der Waals surface area contributed by atoms with E-state index in [2.05, 4.69) is 34.5 Å². The molecule has 0 amide bonds. The van der Waals surface area contributed by atoms with E-state index < -0.39 is 6.10 Å². The van der Waals surface area contributed by atoms with Crippen molar-refractivity contribution in [2.24, 2.45) is 5.92 Å². The van der Waals surface area contributed by atoms with Gasteiger partial charge in [-0.1, -0.05) is 24.3 Å². The molecule has 1 heterocycles. The average Bonchev–Trinajstić information content (AvgIpc) is 2.89. The first-order chi connectivity index (χ1) is 10.6. The number of aryl methyl sites for hydroxylation is 2. The van der Waals surface area contributed by atoms with E-state index >= 15 is 0 Å². The Morgan fingerprint density at radius 3 is 3.00 bits per heavy atom. The van der Waals surface area contributed by atoms with E-state index in [1.54, 1.807) is 13.8 Å². The Morgan fingerprint density at radius 2 is 2.23 bits per heavy atom. The third-order valence-electron chi connectivity index (χ3n) is 4.94. The number of hydrogen-bond donors (Lipinski definition) is 0. The van der Waals surface area contributed by atoms with E-state index in [0.717, 1.165) is 19.3 Å². The number of carbonyl (C=O) groups excluding carboxylic acids is 1. The molecule has 2 aromatic rings. The van der Waals surface area contributed by atoms with Crippen LogP contribution in [-0.2, 0) is 21.4 Å². The number of benzene rings is 1. The number of fused-ring (bicyclic) bond motifs is 2. The first kappa shape index (κ1) is 13.5. The molecule has 4 rings (SSSR count). The summed E-state index contributed by atoms with van der Waals surface area (Å²) >= 11 is 0. The number of rotatable bonds is 3. The predicted octanol–water partition coefficient (Wildman–Crippen LogP) is 2.89. The molecule has 0 bridgehead atoms. The quantitative estimate of drug-likeness (QED) is 0.815. The second kappa shape index (κ2) is 4.66. The summed E-state index contributed by atoms with van der Waals surface area (Å²) in [7, 11) is 0. The molecular formula is C17H18N2O3. The van der Waals surface area contributed by atoms with Crippen LogP contribution in [0.5, 0.6) is 0 Å². The Hall–Kier alpha value is -2.17. The van der Waals surface area contributed by atoms with Crippen LogP contribution in [0.3, 0.4) is 0 Å². The molecule has 0 saturated heterocycles.